The molecule has 102 valence electrons. The van der Waals surface area contributed by atoms with Gasteiger partial charge in [-0.15, -0.1) is 10.2 Å². The number of aryl methyl sites for hydroxylation is 1. The number of halogens is 1. The first-order valence-electron chi connectivity index (χ1n) is 6.32. The van der Waals surface area contributed by atoms with Crippen molar-refractivity contribution in [2.75, 3.05) is 0 Å². The molecule has 0 aliphatic carbocycles. The highest BCUT2D eigenvalue weighted by molar-refractivity contribution is 6.33. The molecule has 0 saturated heterocycles. The van der Waals surface area contributed by atoms with Crippen molar-refractivity contribution >= 4 is 11.6 Å². The Bertz CT molecular complexity index is 578. The van der Waals surface area contributed by atoms with Crippen LogP contribution in [-0.4, -0.2) is 19.9 Å². The molecular formula is C14H18ClN3O. The Morgan fingerprint density at radius 3 is 2.63 bits per heavy atom. The van der Waals surface area contributed by atoms with E-state index >= 15 is 0 Å². The lowest BCUT2D eigenvalue weighted by Crippen LogP contribution is -2.10. The number of hydrogen-bond acceptors (Lipinski definition) is 3. The number of aliphatic hydroxyl groups is 1. The van der Waals surface area contributed by atoms with Crippen molar-refractivity contribution in [3.63, 3.8) is 0 Å². The first-order valence-corrected chi connectivity index (χ1v) is 6.70. The van der Waals surface area contributed by atoms with Crippen molar-refractivity contribution in [3.8, 4) is 11.4 Å². The van der Waals surface area contributed by atoms with Gasteiger partial charge >= 0.3 is 0 Å². The van der Waals surface area contributed by atoms with Crippen LogP contribution in [0.3, 0.4) is 0 Å². The van der Waals surface area contributed by atoms with Gasteiger partial charge in [0.25, 0.3) is 0 Å². The highest BCUT2D eigenvalue weighted by atomic mass is 35.5. The van der Waals surface area contributed by atoms with Crippen molar-refractivity contribution in [3.05, 3.63) is 34.6 Å². The predicted molar refractivity (Wildman–Crippen MR) is 76.0 cm³/mol. The van der Waals surface area contributed by atoms with E-state index in [-0.39, 0.29) is 6.61 Å². The van der Waals surface area contributed by atoms with Crippen molar-refractivity contribution in [1.29, 1.82) is 0 Å². The van der Waals surface area contributed by atoms with Crippen LogP contribution in [0.25, 0.3) is 11.4 Å². The number of nitrogens with zero attached hydrogens (tertiary/aromatic N) is 3. The third-order valence-electron chi connectivity index (χ3n) is 2.88. The van der Waals surface area contributed by atoms with Crippen LogP contribution in [0.1, 0.15) is 25.2 Å². The first kappa shape index (κ1) is 14.0. The van der Waals surface area contributed by atoms with Crippen LogP contribution in [0.2, 0.25) is 5.02 Å². The van der Waals surface area contributed by atoms with E-state index in [2.05, 4.69) is 24.0 Å². The number of aliphatic hydroxyl groups excluding tert-OH is 1. The van der Waals surface area contributed by atoms with Gasteiger partial charge in [-0.25, -0.2) is 0 Å². The Balaban J connectivity index is 2.52. The lowest BCUT2D eigenvalue weighted by atomic mass is 10.1. The quantitative estimate of drug-likeness (QED) is 0.936. The largest absolute Gasteiger partial charge is 0.388 e. The fourth-order valence-corrected chi connectivity index (χ4v) is 2.33. The van der Waals surface area contributed by atoms with Crippen LogP contribution in [0.4, 0.5) is 0 Å². The van der Waals surface area contributed by atoms with E-state index < -0.39 is 0 Å². The summed E-state index contributed by atoms with van der Waals surface area (Å²) in [7, 11) is 0. The summed E-state index contributed by atoms with van der Waals surface area (Å²) in [5.74, 6) is 1.72. The van der Waals surface area contributed by atoms with E-state index in [1.54, 1.807) is 0 Å². The molecule has 0 aliphatic rings. The lowest BCUT2D eigenvalue weighted by molar-refractivity contribution is 0.262. The van der Waals surface area contributed by atoms with Gasteiger partial charge in [0, 0.05) is 12.1 Å². The van der Waals surface area contributed by atoms with Gasteiger partial charge in [0.2, 0.25) is 0 Å². The molecule has 1 aromatic carbocycles. The Kier molecular flexibility index (Phi) is 4.22. The summed E-state index contributed by atoms with van der Waals surface area (Å²) >= 11 is 6.28. The molecule has 0 unspecified atom stereocenters. The van der Waals surface area contributed by atoms with Gasteiger partial charge in [-0.05, 0) is 30.5 Å². The van der Waals surface area contributed by atoms with Crippen LogP contribution >= 0.6 is 11.6 Å². The second-order valence-electron chi connectivity index (χ2n) is 5.09. The van der Waals surface area contributed by atoms with Crippen LogP contribution < -0.4 is 0 Å². The Hall–Kier alpha value is -1.39. The topological polar surface area (TPSA) is 50.9 Å². The normalized spacial score (nSPS) is 11.3. The third kappa shape index (κ3) is 2.96. The van der Waals surface area contributed by atoms with Gasteiger partial charge in [0.15, 0.2) is 11.6 Å². The molecule has 0 spiro atoms. The summed E-state index contributed by atoms with van der Waals surface area (Å²) in [6, 6.07) is 5.85. The molecular weight excluding hydrogens is 262 g/mol. The molecule has 1 aromatic heterocycles. The monoisotopic (exact) mass is 279 g/mol. The fourth-order valence-electron chi connectivity index (χ4n) is 2.01. The van der Waals surface area contributed by atoms with Gasteiger partial charge in [-0.2, -0.15) is 0 Å². The third-order valence-corrected chi connectivity index (χ3v) is 3.19. The fraction of sp³-hybridized carbons (Fsp3) is 0.429. The average molecular weight is 280 g/mol. The standard InChI is InChI=1S/C14H18ClN3O/c1-9(2)7-18-13(8-19)16-17-14(18)11-5-4-10(3)6-12(11)15/h4-6,9,19H,7-8H2,1-3H3. The first-order chi connectivity index (χ1) is 9.02. The van der Waals surface area contributed by atoms with Gasteiger partial charge in [-0.3, -0.25) is 0 Å². The zero-order chi connectivity index (χ0) is 14.0. The summed E-state index contributed by atoms with van der Waals surface area (Å²) in [5, 5.41) is 18.2. The molecule has 0 radical (unpaired) electrons. The number of aromatic nitrogens is 3. The van der Waals surface area contributed by atoms with Crippen LogP contribution in [0, 0.1) is 12.8 Å². The van der Waals surface area contributed by atoms with E-state index in [4.69, 9.17) is 11.6 Å². The summed E-state index contributed by atoms with van der Waals surface area (Å²) < 4.78 is 1.93. The molecule has 2 aromatic rings. The zero-order valence-corrected chi connectivity index (χ0v) is 12.1. The maximum absolute atomic E-state index is 9.35. The Morgan fingerprint density at radius 1 is 1.32 bits per heavy atom. The van der Waals surface area contributed by atoms with E-state index in [9.17, 15) is 5.11 Å². The summed E-state index contributed by atoms with van der Waals surface area (Å²) in [4.78, 5) is 0. The van der Waals surface area contributed by atoms with Crippen molar-refractivity contribution in [2.24, 2.45) is 5.92 Å². The predicted octanol–water partition coefficient (Wildman–Crippen LogP) is 3.06. The lowest BCUT2D eigenvalue weighted by Gasteiger charge is -2.12. The minimum Gasteiger partial charge on any atom is -0.388 e. The highest BCUT2D eigenvalue weighted by Crippen LogP contribution is 2.28. The smallest absolute Gasteiger partial charge is 0.165 e. The Labute approximate surface area is 118 Å². The summed E-state index contributed by atoms with van der Waals surface area (Å²) in [6.45, 7) is 6.85. The van der Waals surface area contributed by atoms with Gasteiger partial charge in [0.1, 0.15) is 6.61 Å². The van der Waals surface area contributed by atoms with E-state index in [1.807, 2.05) is 29.7 Å². The molecule has 1 N–H and O–H groups in total. The Morgan fingerprint density at radius 2 is 2.05 bits per heavy atom. The van der Waals surface area contributed by atoms with Crippen molar-refractivity contribution in [1.82, 2.24) is 14.8 Å². The summed E-state index contributed by atoms with van der Waals surface area (Å²) in [6.07, 6.45) is 0. The highest BCUT2D eigenvalue weighted by Gasteiger charge is 2.16. The second kappa shape index (κ2) is 5.72. The van der Waals surface area contributed by atoms with Crippen LogP contribution in [0.15, 0.2) is 18.2 Å². The van der Waals surface area contributed by atoms with Gasteiger partial charge in [-0.1, -0.05) is 31.5 Å². The molecule has 0 bridgehead atoms. The minimum atomic E-state index is -0.122. The SMILES string of the molecule is Cc1ccc(-c2nnc(CO)n2CC(C)C)c(Cl)c1. The van der Waals surface area contributed by atoms with Crippen LogP contribution in [-0.2, 0) is 13.2 Å². The molecule has 5 heteroatoms. The van der Waals surface area contributed by atoms with Crippen molar-refractivity contribution < 1.29 is 5.11 Å². The maximum atomic E-state index is 9.35. The molecule has 0 amide bonds. The molecule has 0 aliphatic heterocycles. The number of rotatable bonds is 4. The maximum Gasteiger partial charge on any atom is 0.165 e. The van der Waals surface area contributed by atoms with E-state index in [0.29, 0.717) is 22.6 Å². The molecule has 0 atom stereocenters. The number of benzene rings is 1. The average Bonchev–Trinajstić information content (AvgIpc) is 2.71. The molecule has 0 saturated carbocycles. The molecule has 2 rings (SSSR count). The second-order valence-corrected chi connectivity index (χ2v) is 5.49. The summed E-state index contributed by atoms with van der Waals surface area (Å²) in [5.41, 5.74) is 1.95. The number of hydrogen-bond donors (Lipinski definition) is 1. The molecule has 0 fully saturated rings. The van der Waals surface area contributed by atoms with Crippen LogP contribution in [0.5, 0.6) is 0 Å². The molecule has 19 heavy (non-hydrogen) atoms. The van der Waals surface area contributed by atoms with E-state index in [0.717, 1.165) is 17.7 Å². The molecule has 4 nitrogen and oxygen atoms in total. The van der Waals surface area contributed by atoms with Gasteiger partial charge < -0.3 is 9.67 Å². The van der Waals surface area contributed by atoms with E-state index in [1.165, 1.54) is 0 Å². The minimum absolute atomic E-state index is 0.122. The zero-order valence-electron chi connectivity index (χ0n) is 11.4. The van der Waals surface area contributed by atoms with Gasteiger partial charge in [0.05, 0.1) is 5.02 Å². The van der Waals surface area contributed by atoms with Crippen molar-refractivity contribution in [2.45, 2.75) is 33.9 Å². The molecule has 1 heterocycles.